The number of aryl methyl sites for hydroxylation is 1. The number of fused-ring (bicyclic) bond motifs is 1. The van der Waals surface area contributed by atoms with Gasteiger partial charge in [-0.05, 0) is 43.3 Å². The third-order valence-corrected chi connectivity index (χ3v) is 3.73. The van der Waals surface area contributed by atoms with E-state index in [1.807, 2.05) is 16.7 Å². The molecule has 0 amide bonds. The fourth-order valence-electron chi connectivity index (χ4n) is 2.25. The van der Waals surface area contributed by atoms with Crippen LogP contribution in [-0.2, 0) is 0 Å². The van der Waals surface area contributed by atoms with Crippen molar-refractivity contribution in [3.8, 4) is 11.6 Å². The summed E-state index contributed by atoms with van der Waals surface area (Å²) in [4.78, 5) is 11.5. The molecular formula is C14H14N4OS. The number of ether oxygens (including phenoxy) is 1. The van der Waals surface area contributed by atoms with E-state index in [1.54, 1.807) is 7.11 Å². The Morgan fingerprint density at radius 3 is 2.80 bits per heavy atom. The van der Waals surface area contributed by atoms with Crippen LogP contribution in [0.25, 0.3) is 16.9 Å². The number of nitrogens with one attached hydrogen (secondary N) is 1. The molecule has 0 radical (unpaired) electrons. The first-order valence-corrected chi connectivity index (χ1v) is 6.60. The van der Waals surface area contributed by atoms with Gasteiger partial charge >= 0.3 is 0 Å². The smallest absolute Gasteiger partial charge is 0.242 e. The number of aromatic amines is 1. The van der Waals surface area contributed by atoms with Crippen LogP contribution < -0.4 is 4.74 Å². The number of methoxy groups -OCH3 is 1. The number of imidazole rings is 1. The predicted molar refractivity (Wildman–Crippen MR) is 80.1 cm³/mol. The van der Waals surface area contributed by atoms with Crippen LogP contribution in [0.2, 0.25) is 0 Å². The van der Waals surface area contributed by atoms with Crippen LogP contribution in [-0.4, -0.2) is 26.6 Å². The molecule has 0 spiro atoms. The number of rotatable bonds is 2. The zero-order chi connectivity index (χ0) is 14.3. The first-order chi connectivity index (χ1) is 9.63. The van der Waals surface area contributed by atoms with Gasteiger partial charge in [-0.2, -0.15) is 4.98 Å². The van der Waals surface area contributed by atoms with Gasteiger partial charge < -0.3 is 9.72 Å². The van der Waals surface area contributed by atoms with Crippen LogP contribution in [0.1, 0.15) is 11.1 Å². The highest BCUT2D eigenvalue weighted by atomic mass is 32.1. The molecule has 102 valence electrons. The fraction of sp³-hybridized carbons (Fsp3) is 0.214. The maximum absolute atomic E-state index is 5.43. The summed E-state index contributed by atoms with van der Waals surface area (Å²) in [6.07, 6.45) is 1.48. The second-order valence-corrected chi connectivity index (χ2v) is 4.95. The number of hydrogen-bond acceptors (Lipinski definition) is 4. The van der Waals surface area contributed by atoms with Crippen LogP contribution in [0.5, 0.6) is 5.88 Å². The van der Waals surface area contributed by atoms with Crippen LogP contribution in [0.15, 0.2) is 24.5 Å². The number of hydrogen-bond donors (Lipinski definition) is 1. The lowest BCUT2D eigenvalue weighted by atomic mass is 10.1. The van der Waals surface area contributed by atoms with Crippen molar-refractivity contribution < 1.29 is 4.74 Å². The molecule has 0 aliphatic carbocycles. The highest BCUT2D eigenvalue weighted by Crippen LogP contribution is 2.25. The molecule has 2 aromatic heterocycles. The maximum atomic E-state index is 5.43. The normalized spacial score (nSPS) is 10.9. The van der Waals surface area contributed by atoms with Crippen LogP contribution in [0.3, 0.4) is 0 Å². The Bertz CT molecular complexity index is 850. The van der Waals surface area contributed by atoms with E-state index in [1.165, 1.54) is 17.5 Å². The summed E-state index contributed by atoms with van der Waals surface area (Å²) in [7, 11) is 1.58. The topological polar surface area (TPSA) is 55.7 Å². The van der Waals surface area contributed by atoms with E-state index in [0.29, 0.717) is 16.2 Å². The minimum absolute atomic E-state index is 0.491. The number of benzene rings is 1. The minimum Gasteiger partial charge on any atom is -0.479 e. The van der Waals surface area contributed by atoms with Crippen molar-refractivity contribution in [2.45, 2.75) is 13.8 Å². The average Bonchev–Trinajstić information content (AvgIpc) is 2.78. The van der Waals surface area contributed by atoms with Gasteiger partial charge in [0, 0.05) is 0 Å². The van der Waals surface area contributed by atoms with E-state index in [0.717, 1.165) is 11.3 Å². The molecule has 0 unspecified atom stereocenters. The third kappa shape index (κ3) is 1.80. The lowest BCUT2D eigenvalue weighted by molar-refractivity contribution is 0.401. The number of H-pyrrole nitrogens is 1. The summed E-state index contributed by atoms with van der Waals surface area (Å²) in [5, 5.41) is 0. The molecule has 1 N–H and O–H groups in total. The number of nitrogens with zero attached hydrogens (tertiary/aromatic N) is 3. The molecule has 0 saturated heterocycles. The molecule has 1 aromatic carbocycles. The summed E-state index contributed by atoms with van der Waals surface area (Å²) in [6.45, 7) is 4.15. The molecule has 0 aliphatic rings. The van der Waals surface area contributed by atoms with Gasteiger partial charge in [-0.25, -0.2) is 4.98 Å². The van der Waals surface area contributed by atoms with Gasteiger partial charge in [0.1, 0.15) is 11.8 Å². The van der Waals surface area contributed by atoms with E-state index in [9.17, 15) is 0 Å². The van der Waals surface area contributed by atoms with Crippen LogP contribution in [0.4, 0.5) is 0 Å². The Hall–Kier alpha value is -2.21. The molecule has 0 atom stereocenters. The lowest BCUT2D eigenvalue weighted by Crippen LogP contribution is -2.00. The van der Waals surface area contributed by atoms with E-state index in [4.69, 9.17) is 17.0 Å². The summed E-state index contributed by atoms with van der Waals surface area (Å²) in [5.74, 6) is 0.491. The quantitative estimate of drug-likeness (QED) is 0.735. The van der Waals surface area contributed by atoms with E-state index in [-0.39, 0.29) is 0 Å². The second kappa shape index (κ2) is 4.72. The van der Waals surface area contributed by atoms with Crippen LogP contribution in [0, 0.1) is 18.6 Å². The summed E-state index contributed by atoms with van der Waals surface area (Å²) in [5.41, 5.74) is 4.82. The molecule has 0 saturated carbocycles. The van der Waals surface area contributed by atoms with Crippen LogP contribution >= 0.6 is 12.2 Å². The van der Waals surface area contributed by atoms with Gasteiger partial charge in [0.05, 0.1) is 12.8 Å². The average molecular weight is 286 g/mol. The molecule has 20 heavy (non-hydrogen) atoms. The number of aromatic nitrogens is 4. The Kier molecular flexibility index (Phi) is 3.02. The Morgan fingerprint density at radius 2 is 2.05 bits per heavy atom. The van der Waals surface area contributed by atoms with Crippen molar-refractivity contribution >= 4 is 23.4 Å². The summed E-state index contributed by atoms with van der Waals surface area (Å²) in [6, 6.07) is 6.11. The van der Waals surface area contributed by atoms with Gasteiger partial charge in [-0.1, -0.05) is 12.1 Å². The summed E-state index contributed by atoms with van der Waals surface area (Å²) < 4.78 is 7.73. The fourth-order valence-corrected chi connectivity index (χ4v) is 2.54. The predicted octanol–water partition coefficient (Wildman–Crippen LogP) is 3.10. The minimum atomic E-state index is 0.491. The largest absolute Gasteiger partial charge is 0.479 e. The zero-order valence-corrected chi connectivity index (χ0v) is 12.3. The Labute approximate surface area is 121 Å². The molecule has 3 aromatic rings. The van der Waals surface area contributed by atoms with Crippen molar-refractivity contribution in [1.29, 1.82) is 0 Å². The van der Waals surface area contributed by atoms with Crippen molar-refractivity contribution in [2.75, 3.05) is 7.11 Å². The Morgan fingerprint density at radius 1 is 1.25 bits per heavy atom. The van der Waals surface area contributed by atoms with Gasteiger partial charge in [0.2, 0.25) is 5.88 Å². The highest BCUT2D eigenvalue weighted by molar-refractivity contribution is 7.71. The van der Waals surface area contributed by atoms with Crippen molar-refractivity contribution in [3.05, 3.63) is 40.4 Å². The van der Waals surface area contributed by atoms with Gasteiger partial charge in [-0.15, -0.1) is 0 Å². The molecule has 0 bridgehead atoms. The van der Waals surface area contributed by atoms with Gasteiger partial charge in [-0.3, -0.25) is 4.57 Å². The van der Waals surface area contributed by atoms with E-state index >= 15 is 0 Å². The van der Waals surface area contributed by atoms with Gasteiger partial charge in [0.15, 0.2) is 10.4 Å². The standard InChI is InChI=1S/C14H14N4OS/c1-8-5-4-6-10(9(8)2)18-12-11(17-14(18)20)13(19-3)16-7-15-12/h4-7H,1-3H3,(H,17,20). The Balaban J connectivity index is 2.40. The lowest BCUT2D eigenvalue weighted by Gasteiger charge is -2.10. The molecule has 0 fully saturated rings. The first kappa shape index (κ1) is 12.8. The van der Waals surface area contributed by atoms with Crippen molar-refractivity contribution in [2.24, 2.45) is 0 Å². The van der Waals surface area contributed by atoms with E-state index in [2.05, 4.69) is 34.9 Å². The third-order valence-electron chi connectivity index (χ3n) is 3.45. The molecule has 0 aliphatic heterocycles. The summed E-state index contributed by atoms with van der Waals surface area (Å²) >= 11 is 5.43. The van der Waals surface area contributed by atoms with Crippen molar-refractivity contribution in [1.82, 2.24) is 19.5 Å². The monoisotopic (exact) mass is 286 g/mol. The second-order valence-electron chi connectivity index (χ2n) is 4.57. The molecule has 6 heteroatoms. The SMILES string of the molecule is COc1ncnc2c1[nH]c(=S)n2-c1cccc(C)c1C. The molecular weight excluding hydrogens is 272 g/mol. The van der Waals surface area contributed by atoms with Gasteiger partial charge in [0.25, 0.3) is 0 Å². The molecule has 3 rings (SSSR count). The van der Waals surface area contributed by atoms with E-state index < -0.39 is 0 Å². The maximum Gasteiger partial charge on any atom is 0.242 e. The molecule has 5 nitrogen and oxygen atoms in total. The molecule has 2 heterocycles. The van der Waals surface area contributed by atoms with Crippen molar-refractivity contribution in [3.63, 3.8) is 0 Å². The highest BCUT2D eigenvalue weighted by Gasteiger charge is 2.14. The first-order valence-electron chi connectivity index (χ1n) is 6.19. The zero-order valence-electron chi connectivity index (χ0n) is 11.5.